The maximum Gasteiger partial charge on any atom is 0.306 e. The summed E-state index contributed by atoms with van der Waals surface area (Å²) in [7, 11) is 1.50. The summed E-state index contributed by atoms with van der Waals surface area (Å²) in [5.41, 5.74) is 15.9. The second kappa shape index (κ2) is 14.7. The Bertz CT molecular complexity index is 1980. The highest BCUT2D eigenvalue weighted by atomic mass is 19.1. The molecule has 1 aliphatic rings. The Kier molecular flexibility index (Phi) is 10.6. The predicted molar refractivity (Wildman–Crippen MR) is 194 cm³/mol. The standard InChI is InChI=1S/C39H46F2N6O3/c1-23(36(48)49)17-24-9-8-10-25(18-24)39(4)15-7-6-14-38(2,3)33(42)22-45-21-29-27-13-16-46-32(27)20-31(41)34(29)50-26-11-12-30(40)28(19-26)35(44-5)47-37(39)43/h8-13,16,18-20,22-23,45-46H,6-7,14-15,17,21,42H2,1-5H3,(H,48,49)(H2,43,44,47)/b33-22-. The zero-order chi connectivity index (χ0) is 36.2. The number of hydrogen-bond donors (Lipinski definition) is 5. The van der Waals surface area contributed by atoms with Crippen molar-refractivity contribution in [1.29, 1.82) is 0 Å². The first-order valence-electron chi connectivity index (χ1n) is 16.8. The normalized spacial score (nSPS) is 21.3. The molecule has 5 rings (SSSR count). The molecule has 1 aromatic heterocycles. The first-order chi connectivity index (χ1) is 23.7. The van der Waals surface area contributed by atoms with Crippen molar-refractivity contribution in [2.75, 3.05) is 7.05 Å². The quantitative estimate of drug-likeness (QED) is 0.149. The van der Waals surface area contributed by atoms with Crippen LogP contribution in [0.3, 0.4) is 0 Å². The molecule has 0 spiro atoms. The highest BCUT2D eigenvalue weighted by Crippen LogP contribution is 2.37. The van der Waals surface area contributed by atoms with Gasteiger partial charge in [-0.05, 0) is 61.6 Å². The van der Waals surface area contributed by atoms with Gasteiger partial charge < -0.3 is 31.6 Å². The second-order valence-corrected chi connectivity index (χ2v) is 13.9. The second-order valence-electron chi connectivity index (χ2n) is 13.9. The summed E-state index contributed by atoms with van der Waals surface area (Å²) in [6.07, 6.45) is 6.80. The molecule has 7 N–H and O–H groups in total. The smallest absolute Gasteiger partial charge is 0.306 e. The van der Waals surface area contributed by atoms with Gasteiger partial charge in [0.2, 0.25) is 0 Å². The Morgan fingerprint density at radius 3 is 2.56 bits per heavy atom. The number of ether oxygens (including phenoxy) is 1. The number of nitrogens with zero attached hydrogens (tertiary/aromatic N) is 2. The number of allylic oxidation sites excluding steroid dienone is 1. The van der Waals surface area contributed by atoms with E-state index in [9.17, 15) is 9.90 Å². The summed E-state index contributed by atoms with van der Waals surface area (Å²) in [6, 6.07) is 15.0. The first kappa shape index (κ1) is 36.1. The van der Waals surface area contributed by atoms with Gasteiger partial charge in [-0.15, -0.1) is 0 Å². The number of aliphatic imine (C=N–C) groups is 2. The van der Waals surface area contributed by atoms with Crippen LogP contribution in [-0.4, -0.2) is 34.8 Å². The van der Waals surface area contributed by atoms with Crippen molar-refractivity contribution in [2.24, 2.45) is 32.8 Å². The Balaban J connectivity index is 1.63. The minimum atomic E-state index is -0.873. The number of amidine groups is 2. The molecule has 264 valence electrons. The molecular formula is C39H46F2N6O3. The Morgan fingerprint density at radius 2 is 1.82 bits per heavy atom. The van der Waals surface area contributed by atoms with E-state index in [1.807, 2.05) is 37.3 Å². The van der Waals surface area contributed by atoms with Crippen LogP contribution in [0, 0.1) is 23.0 Å². The van der Waals surface area contributed by atoms with Crippen LogP contribution in [0.5, 0.6) is 11.5 Å². The van der Waals surface area contributed by atoms with E-state index < -0.39 is 28.9 Å². The minimum Gasteiger partial charge on any atom is -0.481 e. The van der Waals surface area contributed by atoms with Crippen LogP contribution in [0.25, 0.3) is 10.9 Å². The molecule has 11 heteroatoms. The average molecular weight is 685 g/mol. The van der Waals surface area contributed by atoms with Crippen molar-refractivity contribution < 1.29 is 23.4 Å². The van der Waals surface area contributed by atoms with Crippen molar-refractivity contribution in [3.63, 3.8) is 0 Å². The van der Waals surface area contributed by atoms with Crippen molar-refractivity contribution in [3.05, 3.63) is 107 Å². The molecule has 0 fully saturated rings. The van der Waals surface area contributed by atoms with Gasteiger partial charge >= 0.3 is 5.97 Å². The summed E-state index contributed by atoms with van der Waals surface area (Å²) in [4.78, 5) is 23.7. The highest BCUT2D eigenvalue weighted by Gasteiger charge is 2.33. The van der Waals surface area contributed by atoms with Crippen LogP contribution in [0.2, 0.25) is 0 Å². The van der Waals surface area contributed by atoms with Gasteiger partial charge in [0.25, 0.3) is 0 Å². The first-order valence-corrected chi connectivity index (χ1v) is 16.8. The lowest BCUT2D eigenvalue weighted by Crippen LogP contribution is -2.40. The molecule has 0 radical (unpaired) electrons. The minimum absolute atomic E-state index is 0.00557. The third-order valence-corrected chi connectivity index (χ3v) is 9.84. The molecule has 1 aliphatic heterocycles. The van der Waals surface area contributed by atoms with Gasteiger partial charge in [-0.3, -0.25) is 9.79 Å². The number of aromatic amines is 1. The Morgan fingerprint density at radius 1 is 1.06 bits per heavy atom. The third kappa shape index (κ3) is 7.66. The molecule has 2 unspecified atom stereocenters. The SMILES string of the molecule is CN=C1N=C(N)C(C)(c2cccc(CC(C)C(=O)O)c2)CCCCC(C)(C)/C(N)=C/NCc2c(c(F)cc3[nH]ccc23)Oc2ccc(F)c1c2. The monoisotopic (exact) mass is 684 g/mol. The van der Waals surface area contributed by atoms with Crippen molar-refractivity contribution in [2.45, 2.75) is 71.8 Å². The van der Waals surface area contributed by atoms with Crippen LogP contribution >= 0.6 is 0 Å². The molecule has 2 heterocycles. The van der Waals surface area contributed by atoms with E-state index in [0.717, 1.165) is 35.8 Å². The van der Waals surface area contributed by atoms with Gasteiger partial charge in [-0.1, -0.05) is 57.9 Å². The summed E-state index contributed by atoms with van der Waals surface area (Å²) in [5, 5.41) is 13.6. The maximum atomic E-state index is 15.7. The van der Waals surface area contributed by atoms with Gasteiger partial charge in [0.15, 0.2) is 17.4 Å². The predicted octanol–water partition coefficient (Wildman–Crippen LogP) is 7.68. The molecule has 3 aromatic carbocycles. The molecule has 2 atom stereocenters. The number of aliphatic carboxylic acids is 1. The molecule has 9 nitrogen and oxygen atoms in total. The van der Waals surface area contributed by atoms with Gasteiger partial charge in [0, 0.05) is 65.0 Å². The van der Waals surface area contributed by atoms with Crippen LogP contribution in [0.4, 0.5) is 8.78 Å². The van der Waals surface area contributed by atoms with E-state index in [0.29, 0.717) is 29.6 Å². The van der Waals surface area contributed by atoms with Crippen molar-refractivity contribution in [3.8, 4) is 11.5 Å². The lowest BCUT2D eigenvalue weighted by atomic mass is 9.75. The number of benzene rings is 3. The summed E-state index contributed by atoms with van der Waals surface area (Å²) in [6.45, 7) is 8.04. The number of nitrogens with one attached hydrogen (secondary N) is 2. The summed E-state index contributed by atoms with van der Waals surface area (Å²) >= 11 is 0. The van der Waals surface area contributed by atoms with E-state index in [-0.39, 0.29) is 40.7 Å². The zero-order valence-corrected chi connectivity index (χ0v) is 29.2. The van der Waals surface area contributed by atoms with Crippen LogP contribution in [-0.2, 0) is 23.2 Å². The number of carboxylic acids is 1. The van der Waals surface area contributed by atoms with Crippen LogP contribution < -0.4 is 21.5 Å². The largest absolute Gasteiger partial charge is 0.481 e. The topological polar surface area (TPSA) is 151 Å². The molecular weight excluding hydrogens is 638 g/mol. The molecule has 0 saturated heterocycles. The van der Waals surface area contributed by atoms with E-state index in [1.54, 1.807) is 19.3 Å². The fraction of sp³-hybridized carbons (Fsp3) is 0.359. The number of carbonyl (C=O) groups is 1. The number of nitrogens with two attached hydrogens (primary N) is 2. The molecule has 0 amide bonds. The fourth-order valence-corrected chi connectivity index (χ4v) is 6.39. The Labute approximate surface area is 291 Å². The molecule has 0 saturated carbocycles. The number of rotatable bonds is 4. The number of carboxylic acid groups (broad SMARTS) is 1. The maximum absolute atomic E-state index is 15.7. The lowest BCUT2D eigenvalue weighted by Gasteiger charge is -2.31. The molecule has 4 aromatic rings. The van der Waals surface area contributed by atoms with E-state index in [4.69, 9.17) is 21.2 Å². The van der Waals surface area contributed by atoms with Gasteiger partial charge in [0.05, 0.1) is 11.5 Å². The van der Waals surface area contributed by atoms with Crippen molar-refractivity contribution >= 4 is 28.5 Å². The Hall–Kier alpha value is -5.19. The van der Waals surface area contributed by atoms with Gasteiger partial charge in [-0.25, -0.2) is 13.8 Å². The molecule has 0 aliphatic carbocycles. The summed E-state index contributed by atoms with van der Waals surface area (Å²) < 4.78 is 37.3. The average Bonchev–Trinajstić information content (AvgIpc) is 3.55. The molecule has 50 heavy (non-hydrogen) atoms. The van der Waals surface area contributed by atoms with Crippen LogP contribution in [0.15, 0.2) is 82.7 Å². The van der Waals surface area contributed by atoms with E-state index >= 15 is 8.78 Å². The molecule has 2 bridgehead atoms. The number of halogens is 2. The van der Waals surface area contributed by atoms with Gasteiger partial charge in [0.1, 0.15) is 17.4 Å². The third-order valence-electron chi connectivity index (χ3n) is 9.84. The van der Waals surface area contributed by atoms with Gasteiger partial charge in [-0.2, -0.15) is 0 Å². The zero-order valence-electron chi connectivity index (χ0n) is 29.2. The van der Waals surface area contributed by atoms with E-state index in [1.165, 1.54) is 31.3 Å². The van der Waals surface area contributed by atoms with E-state index in [2.05, 4.69) is 29.1 Å². The van der Waals surface area contributed by atoms with Crippen molar-refractivity contribution in [1.82, 2.24) is 10.3 Å². The number of aromatic nitrogens is 1. The summed E-state index contributed by atoms with van der Waals surface area (Å²) in [5.74, 6) is -2.18. The van der Waals surface area contributed by atoms with Crippen LogP contribution in [0.1, 0.15) is 75.6 Å². The number of hydrogen-bond acceptors (Lipinski definition) is 6. The number of fused-ring (bicyclic) bond motifs is 5. The fourth-order valence-electron chi connectivity index (χ4n) is 6.39. The lowest BCUT2D eigenvalue weighted by molar-refractivity contribution is -0.141. The highest BCUT2D eigenvalue weighted by molar-refractivity contribution is 6.09. The number of H-pyrrole nitrogens is 1.